The van der Waals surface area contributed by atoms with E-state index in [0.29, 0.717) is 11.5 Å². The van der Waals surface area contributed by atoms with Crippen molar-refractivity contribution in [2.45, 2.75) is 39.3 Å². The molecular formula is C17H25N3O. The van der Waals surface area contributed by atoms with Crippen molar-refractivity contribution in [3.05, 3.63) is 29.3 Å². The second kappa shape index (κ2) is 7.44. The van der Waals surface area contributed by atoms with Crippen LogP contribution in [0.2, 0.25) is 0 Å². The number of nitrogens with zero attached hydrogens (tertiary/aromatic N) is 2. The number of anilines is 1. The summed E-state index contributed by atoms with van der Waals surface area (Å²) >= 11 is 0. The summed E-state index contributed by atoms with van der Waals surface area (Å²) in [6.45, 7) is 7.14. The van der Waals surface area contributed by atoms with Gasteiger partial charge in [0.15, 0.2) is 0 Å². The Labute approximate surface area is 127 Å². The SMILES string of the molecule is CCCNCc1ccc(N2CCC(C)C2CO)c(C#N)c1. The third-order valence-electron chi connectivity index (χ3n) is 4.32. The van der Waals surface area contributed by atoms with Crippen LogP contribution in [-0.4, -0.2) is 30.8 Å². The summed E-state index contributed by atoms with van der Waals surface area (Å²) in [5.74, 6) is 0.465. The third kappa shape index (κ3) is 3.55. The van der Waals surface area contributed by atoms with Gasteiger partial charge in [-0.05, 0) is 43.0 Å². The van der Waals surface area contributed by atoms with Gasteiger partial charge in [-0.1, -0.05) is 19.9 Å². The number of benzene rings is 1. The van der Waals surface area contributed by atoms with Crippen molar-refractivity contribution >= 4 is 5.69 Å². The van der Waals surface area contributed by atoms with Crippen LogP contribution in [-0.2, 0) is 6.54 Å². The molecule has 0 aliphatic carbocycles. The molecule has 0 saturated carbocycles. The van der Waals surface area contributed by atoms with E-state index in [2.05, 4.69) is 36.2 Å². The zero-order valence-electron chi connectivity index (χ0n) is 13.0. The normalized spacial score (nSPS) is 21.5. The van der Waals surface area contributed by atoms with Crippen LogP contribution >= 0.6 is 0 Å². The average Bonchev–Trinajstić information content (AvgIpc) is 2.88. The molecule has 1 aromatic rings. The molecule has 0 radical (unpaired) electrons. The lowest BCUT2D eigenvalue weighted by atomic mass is 10.0. The van der Waals surface area contributed by atoms with Crippen molar-refractivity contribution in [2.75, 3.05) is 24.6 Å². The first kappa shape index (κ1) is 15.8. The van der Waals surface area contributed by atoms with Gasteiger partial charge in [-0.2, -0.15) is 5.26 Å². The molecule has 1 saturated heterocycles. The molecular weight excluding hydrogens is 262 g/mol. The van der Waals surface area contributed by atoms with Crippen molar-refractivity contribution in [3.8, 4) is 6.07 Å². The van der Waals surface area contributed by atoms with Crippen LogP contribution in [0.5, 0.6) is 0 Å². The number of aliphatic hydroxyl groups is 1. The first-order chi connectivity index (χ1) is 10.2. The summed E-state index contributed by atoms with van der Waals surface area (Å²) in [5.41, 5.74) is 2.80. The Morgan fingerprint density at radius 2 is 2.29 bits per heavy atom. The Balaban J connectivity index is 2.19. The summed E-state index contributed by atoms with van der Waals surface area (Å²) in [5, 5.41) is 22.4. The highest BCUT2D eigenvalue weighted by molar-refractivity contribution is 5.61. The van der Waals surface area contributed by atoms with Crippen LogP contribution < -0.4 is 10.2 Å². The molecule has 1 fully saturated rings. The van der Waals surface area contributed by atoms with Gasteiger partial charge < -0.3 is 15.3 Å². The minimum atomic E-state index is 0.126. The number of nitriles is 1. The van der Waals surface area contributed by atoms with E-state index < -0.39 is 0 Å². The molecule has 2 rings (SSSR count). The summed E-state index contributed by atoms with van der Waals surface area (Å²) in [6.07, 6.45) is 2.17. The summed E-state index contributed by atoms with van der Waals surface area (Å²) in [6, 6.07) is 8.52. The second-order valence-corrected chi connectivity index (χ2v) is 5.85. The topological polar surface area (TPSA) is 59.3 Å². The summed E-state index contributed by atoms with van der Waals surface area (Å²) in [7, 11) is 0. The van der Waals surface area contributed by atoms with Gasteiger partial charge in [0, 0.05) is 13.1 Å². The standard InChI is InChI=1S/C17H25N3O/c1-3-7-19-11-14-4-5-16(15(9-14)10-18)20-8-6-13(2)17(20)12-21/h4-5,9,13,17,19,21H,3,6-8,11-12H2,1-2H3. The largest absolute Gasteiger partial charge is 0.394 e. The van der Waals surface area contributed by atoms with Crippen LogP contribution in [0.15, 0.2) is 18.2 Å². The maximum atomic E-state index is 9.60. The maximum Gasteiger partial charge on any atom is 0.101 e. The number of hydrogen-bond donors (Lipinski definition) is 2. The summed E-state index contributed by atoms with van der Waals surface area (Å²) in [4.78, 5) is 2.19. The van der Waals surface area contributed by atoms with Gasteiger partial charge in [0.25, 0.3) is 0 Å². The molecule has 2 N–H and O–H groups in total. The van der Waals surface area contributed by atoms with Gasteiger partial charge >= 0.3 is 0 Å². The van der Waals surface area contributed by atoms with Gasteiger partial charge in [0.05, 0.1) is 23.9 Å². The number of hydrogen-bond acceptors (Lipinski definition) is 4. The fraction of sp³-hybridized carbons (Fsp3) is 0.588. The van der Waals surface area contributed by atoms with Crippen molar-refractivity contribution in [2.24, 2.45) is 5.92 Å². The van der Waals surface area contributed by atoms with Crippen LogP contribution in [0.4, 0.5) is 5.69 Å². The lowest BCUT2D eigenvalue weighted by Crippen LogP contribution is -2.35. The predicted molar refractivity (Wildman–Crippen MR) is 85.2 cm³/mol. The molecule has 114 valence electrons. The molecule has 0 spiro atoms. The van der Waals surface area contributed by atoms with Gasteiger partial charge in [-0.15, -0.1) is 0 Å². The van der Waals surface area contributed by atoms with E-state index in [1.54, 1.807) is 0 Å². The summed E-state index contributed by atoms with van der Waals surface area (Å²) < 4.78 is 0. The van der Waals surface area contributed by atoms with E-state index in [9.17, 15) is 10.4 Å². The van der Waals surface area contributed by atoms with Crippen molar-refractivity contribution in [3.63, 3.8) is 0 Å². The third-order valence-corrected chi connectivity index (χ3v) is 4.32. The van der Waals surface area contributed by atoms with Crippen molar-refractivity contribution in [1.82, 2.24) is 5.32 Å². The number of rotatable bonds is 6. The lowest BCUT2D eigenvalue weighted by molar-refractivity contribution is 0.244. The molecule has 4 heteroatoms. The molecule has 1 aliphatic rings. The van der Waals surface area contributed by atoms with E-state index in [1.807, 2.05) is 12.1 Å². The highest BCUT2D eigenvalue weighted by Crippen LogP contribution is 2.32. The molecule has 1 heterocycles. The van der Waals surface area contributed by atoms with Crippen molar-refractivity contribution < 1.29 is 5.11 Å². The number of nitrogens with one attached hydrogen (secondary N) is 1. The van der Waals surface area contributed by atoms with E-state index in [4.69, 9.17) is 0 Å². The maximum absolute atomic E-state index is 9.60. The molecule has 0 aromatic heterocycles. The minimum Gasteiger partial charge on any atom is -0.394 e. The smallest absolute Gasteiger partial charge is 0.101 e. The zero-order chi connectivity index (χ0) is 15.2. The van der Waals surface area contributed by atoms with Gasteiger partial charge in [-0.25, -0.2) is 0 Å². The molecule has 0 amide bonds. The van der Waals surface area contributed by atoms with Crippen LogP contribution in [0.1, 0.15) is 37.8 Å². The lowest BCUT2D eigenvalue weighted by Gasteiger charge is -2.28. The van der Waals surface area contributed by atoms with Crippen molar-refractivity contribution in [1.29, 1.82) is 5.26 Å². The fourth-order valence-corrected chi connectivity index (χ4v) is 3.03. The number of aliphatic hydroxyl groups excluding tert-OH is 1. The monoisotopic (exact) mass is 287 g/mol. The van der Waals surface area contributed by atoms with E-state index in [1.165, 1.54) is 0 Å². The Bertz CT molecular complexity index is 509. The zero-order valence-corrected chi connectivity index (χ0v) is 13.0. The molecule has 21 heavy (non-hydrogen) atoms. The molecule has 2 atom stereocenters. The molecule has 4 nitrogen and oxygen atoms in total. The molecule has 0 bridgehead atoms. The minimum absolute atomic E-state index is 0.126. The predicted octanol–water partition coefficient (Wildman–Crippen LogP) is 2.26. The second-order valence-electron chi connectivity index (χ2n) is 5.85. The Hall–Kier alpha value is -1.57. The first-order valence-corrected chi connectivity index (χ1v) is 7.82. The Kier molecular flexibility index (Phi) is 5.60. The van der Waals surface area contributed by atoms with Gasteiger partial charge in [0.2, 0.25) is 0 Å². The van der Waals surface area contributed by atoms with Crippen LogP contribution in [0.3, 0.4) is 0 Å². The van der Waals surface area contributed by atoms with Gasteiger partial charge in [0.1, 0.15) is 6.07 Å². The first-order valence-electron chi connectivity index (χ1n) is 7.82. The fourth-order valence-electron chi connectivity index (χ4n) is 3.03. The Morgan fingerprint density at radius 1 is 1.48 bits per heavy atom. The van der Waals surface area contributed by atoms with Crippen LogP contribution in [0.25, 0.3) is 0 Å². The van der Waals surface area contributed by atoms with E-state index >= 15 is 0 Å². The highest BCUT2D eigenvalue weighted by atomic mass is 16.3. The molecule has 1 aliphatic heterocycles. The van der Waals surface area contributed by atoms with Crippen LogP contribution in [0, 0.1) is 17.2 Å². The van der Waals surface area contributed by atoms with E-state index in [0.717, 1.165) is 43.7 Å². The van der Waals surface area contributed by atoms with Gasteiger partial charge in [-0.3, -0.25) is 0 Å². The Morgan fingerprint density at radius 3 is 2.95 bits per heavy atom. The highest BCUT2D eigenvalue weighted by Gasteiger charge is 2.31. The molecule has 2 unspecified atom stereocenters. The average molecular weight is 287 g/mol. The quantitative estimate of drug-likeness (QED) is 0.788. The van der Waals surface area contributed by atoms with E-state index in [-0.39, 0.29) is 12.6 Å². The molecule has 1 aromatic carbocycles.